The minimum atomic E-state index is 0.707. The van der Waals surface area contributed by atoms with Gasteiger partial charge in [-0.15, -0.1) is 0 Å². The number of rotatable bonds is 0. The molecule has 0 N–H and O–H groups in total. The van der Waals surface area contributed by atoms with E-state index in [9.17, 15) is 0 Å². The normalized spacial score (nSPS) is 50.4. The van der Waals surface area contributed by atoms with Crippen LogP contribution in [0.2, 0.25) is 0 Å². The maximum atomic E-state index is 2.70. The molecule has 4 saturated carbocycles. The monoisotopic (exact) mass is 316 g/mol. The fourth-order valence-electron chi connectivity index (χ4n) is 7.33. The van der Waals surface area contributed by atoms with Crippen molar-refractivity contribution in [3.05, 3.63) is 11.6 Å². The summed E-state index contributed by atoms with van der Waals surface area (Å²) in [6.45, 7) is 11.5. The Labute approximate surface area is 145 Å². The summed E-state index contributed by atoms with van der Waals surface area (Å²) in [7, 11) is 0. The first-order chi connectivity index (χ1) is 11.1. The van der Waals surface area contributed by atoms with Crippen molar-refractivity contribution in [1.82, 2.24) is 0 Å². The van der Waals surface area contributed by atoms with Crippen molar-refractivity contribution in [2.45, 2.75) is 92.4 Å². The van der Waals surface area contributed by atoms with Crippen LogP contribution in [0.4, 0.5) is 0 Å². The molecule has 0 spiro atoms. The fourth-order valence-corrected chi connectivity index (χ4v) is 7.33. The van der Waals surface area contributed by atoms with Gasteiger partial charge in [-0.3, -0.25) is 0 Å². The number of allylic oxidation sites excluding steroid dienone is 2. The average molecular weight is 317 g/mol. The van der Waals surface area contributed by atoms with Crippen molar-refractivity contribution in [2.75, 3.05) is 0 Å². The lowest BCUT2D eigenvalue weighted by Gasteiger charge is -2.59. The van der Waals surface area contributed by atoms with Crippen LogP contribution in [0.25, 0.3) is 0 Å². The zero-order valence-corrected chi connectivity index (χ0v) is 16.4. The molecular weight excluding hydrogens is 276 g/mol. The molecule has 23 heavy (non-hydrogen) atoms. The van der Waals surface area contributed by atoms with Crippen LogP contribution in [0.15, 0.2) is 11.6 Å². The van der Waals surface area contributed by atoms with E-state index in [-0.39, 0.29) is 0 Å². The van der Waals surface area contributed by atoms with Crippen LogP contribution in [-0.2, 0) is 0 Å². The van der Waals surface area contributed by atoms with Crippen molar-refractivity contribution in [1.29, 1.82) is 0 Å². The predicted octanol–water partition coefficient (Wildman–Crippen LogP) is 7.25. The lowest BCUT2D eigenvalue weighted by Crippen LogP contribution is -2.50. The Morgan fingerprint density at radius 1 is 0.957 bits per heavy atom. The quantitative estimate of drug-likeness (QED) is 0.413. The van der Waals surface area contributed by atoms with Crippen LogP contribution in [-0.4, -0.2) is 0 Å². The van der Waals surface area contributed by atoms with E-state index in [1.807, 2.05) is 19.4 Å². The summed E-state index contributed by atoms with van der Waals surface area (Å²) in [4.78, 5) is 0. The molecule has 4 fully saturated rings. The molecule has 0 nitrogen and oxygen atoms in total. The van der Waals surface area contributed by atoms with Crippen LogP contribution < -0.4 is 0 Å². The van der Waals surface area contributed by atoms with Crippen molar-refractivity contribution in [3.8, 4) is 0 Å². The van der Waals surface area contributed by atoms with E-state index >= 15 is 0 Å². The topological polar surface area (TPSA) is 0 Å². The highest BCUT2D eigenvalue weighted by Gasteiger charge is 2.55. The minimum absolute atomic E-state index is 0.707. The largest absolute Gasteiger partial charge is 0.0882 e. The van der Waals surface area contributed by atoms with Gasteiger partial charge < -0.3 is 0 Å². The first kappa shape index (κ1) is 17.6. The number of hydrogen-bond acceptors (Lipinski definition) is 0. The van der Waals surface area contributed by atoms with E-state index in [2.05, 4.69) is 26.8 Å². The summed E-state index contributed by atoms with van der Waals surface area (Å²) >= 11 is 0. The highest BCUT2D eigenvalue weighted by Crippen LogP contribution is 2.64. The molecule has 0 saturated heterocycles. The van der Waals surface area contributed by atoms with Crippen molar-refractivity contribution >= 4 is 0 Å². The zero-order chi connectivity index (χ0) is 16.6. The van der Waals surface area contributed by atoms with Crippen LogP contribution in [0.1, 0.15) is 92.4 Å². The van der Waals surface area contributed by atoms with Gasteiger partial charge in [-0.2, -0.15) is 0 Å². The van der Waals surface area contributed by atoms with E-state index in [4.69, 9.17) is 0 Å². The highest BCUT2D eigenvalue weighted by atomic mass is 14.6. The van der Waals surface area contributed by atoms with Gasteiger partial charge >= 0.3 is 0 Å². The Hall–Kier alpha value is -0.260. The van der Waals surface area contributed by atoms with E-state index in [1.165, 1.54) is 38.5 Å². The molecule has 0 aromatic heterocycles. The second-order valence-corrected chi connectivity index (χ2v) is 9.18. The van der Waals surface area contributed by atoms with Crippen LogP contribution >= 0.6 is 0 Å². The highest BCUT2D eigenvalue weighted by molar-refractivity contribution is 5.17. The number of fused-ring (bicyclic) bond motifs is 5. The Kier molecular flexibility index (Phi) is 5.29. The van der Waals surface area contributed by atoms with E-state index in [0.29, 0.717) is 5.41 Å². The molecule has 0 heterocycles. The molecule has 4 rings (SSSR count). The second kappa shape index (κ2) is 6.93. The molecule has 7 unspecified atom stereocenters. The molecular formula is C23H40. The zero-order valence-electron chi connectivity index (χ0n) is 16.4. The summed E-state index contributed by atoms with van der Waals surface area (Å²) in [5, 5.41) is 0. The third-order valence-corrected chi connectivity index (χ3v) is 8.48. The summed E-state index contributed by atoms with van der Waals surface area (Å²) in [6.07, 6.45) is 16.2. The maximum Gasteiger partial charge on any atom is -0.0172 e. The molecule has 7 atom stereocenters. The molecule has 132 valence electrons. The molecule has 4 aliphatic carbocycles. The average Bonchev–Trinajstić information content (AvgIpc) is 3.00. The van der Waals surface area contributed by atoms with E-state index in [0.717, 1.165) is 35.5 Å². The van der Waals surface area contributed by atoms with Crippen molar-refractivity contribution in [3.63, 3.8) is 0 Å². The molecule has 0 aliphatic heterocycles. The van der Waals surface area contributed by atoms with Gasteiger partial charge in [0.25, 0.3) is 0 Å². The summed E-state index contributed by atoms with van der Waals surface area (Å²) in [5.74, 6) is 6.25. The Bertz CT molecular complexity index is 433. The summed E-state index contributed by atoms with van der Waals surface area (Å²) in [5.41, 5.74) is 2.53. The lowest BCUT2D eigenvalue weighted by molar-refractivity contribution is -0.0895. The van der Waals surface area contributed by atoms with Crippen LogP contribution in [0, 0.1) is 40.9 Å². The third kappa shape index (κ3) is 2.83. The maximum absolute atomic E-state index is 2.70. The van der Waals surface area contributed by atoms with Gasteiger partial charge in [-0.1, -0.05) is 45.8 Å². The standard InChI is InChI=1S/C21H34.C2H6/c1-4-15-5-7-18-17(15)9-10-20-19(18)8-6-16-13-14(2)11-12-21(16,20)3;1-2/h4,14,16-20H,5-13H2,1-3H3;1-2H3/b15-4-;. The van der Waals surface area contributed by atoms with Gasteiger partial charge in [0.1, 0.15) is 0 Å². The van der Waals surface area contributed by atoms with Crippen LogP contribution in [0.5, 0.6) is 0 Å². The van der Waals surface area contributed by atoms with Gasteiger partial charge in [-0.05, 0) is 99.2 Å². The SMILES string of the molecule is C/C=C1/CCC2C1CCC1C2CCC2CC(C)CCC21C.CC. The van der Waals surface area contributed by atoms with Gasteiger partial charge in [0.05, 0.1) is 0 Å². The second-order valence-electron chi connectivity index (χ2n) is 9.18. The van der Waals surface area contributed by atoms with Crippen molar-refractivity contribution < 1.29 is 0 Å². The summed E-state index contributed by atoms with van der Waals surface area (Å²) < 4.78 is 0. The predicted molar refractivity (Wildman–Crippen MR) is 101 cm³/mol. The lowest BCUT2D eigenvalue weighted by atomic mass is 9.46. The van der Waals surface area contributed by atoms with Gasteiger partial charge in [0.2, 0.25) is 0 Å². The molecule has 0 heteroatoms. The first-order valence-corrected chi connectivity index (χ1v) is 10.8. The van der Waals surface area contributed by atoms with Crippen LogP contribution in [0.3, 0.4) is 0 Å². The van der Waals surface area contributed by atoms with Gasteiger partial charge in [0, 0.05) is 0 Å². The molecule has 0 aromatic rings. The van der Waals surface area contributed by atoms with Gasteiger partial charge in [-0.25, -0.2) is 0 Å². The molecule has 0 radical (unpaired) electrons. The third-order valence-electron chi connectivity index (χ3n) is 8.48. The molecule has 0 aromatic carbocycles. The summed E-state index contributed by atoms with van der Waals surface area (Å²) in [6, 6.07) is 0. The number of hydrogen-bond donors (Lipinski definition) is 0. The Morgan fingerprint density at radius 3 is 2.48 bits per heavy atom. The Morgan fingerprint density at radius 2 is 1.74 bits per heavy atom. The van der Waals surface area contributed by atoms with E-state index < -0.39 is 0 Å². The van der Waals surface area contributed by atoms with Crippen molar-refractivity contribution in [2.24, 2.45) is 40.9 Å². The molecule has 0 amide bonds. The fraction of sp³-hybridized carbons (Fsp3) is 0.913. The van der Waals surface area contributed by atoms with E-state index in [1.54, 1.807) is 19.3 Å². The Balaban J connectivity index is 0.000000753. The molecule has 4 aliphatic rings. The smallest absolute Gasteiger partial charge is 0.0172 e. The first-order valence-electron chi connectivity index (χ1n) is 10.8. The minimum Gasteiger partial charge on any atom is -0.0882 e. The van der Waals surface area contributed by atoms with Gasteiger partial charge in [0.15, 0.2) is 0 Å². The molecule has 0 bridgehead atoms.